The van der Waals surface area contributed by atoms with Gasteiger partial charge < -0.3 is 4.90 Å². The second kappa shape index (κ2) is 5.78. The minimum Gasteiger partial charge on any atom is -0.306 e. The molecule has 1 aromatic heterocycles. The van der Waals surface area contributed by atoms with Crippen LogP contribution in [-0.2, 0) is 10.2 Å². The maximum atomic E-state index is 13.2. The number of aromatic nitrogens is 1. The Hall–Kier alpha value is -1.45. The Bertz CT molecular complexity index is 842. The average molecular weight is 429 g/mol. The molecule has 0 aromatic carbocycles. The highest BCUT2D eigenvalue weighted by molar-refractivity contribution is 9.10. The van der Waals surface area contributed by atoms with Gasteiger partial charge in [0.05, 0.1) is 22.9 Å². The number of amides is 1. The lowest BCUT2D eigenvalue weighted by molar-refractivity contribution is -0.123. The van der Waals surface area contributed by atoms with Crippen LogP contribution >= 0.6 is 15.9 Å². The third kappa shape index (κ3) is 2.44. The highest BCUT2D eigenvalue weighted by Gasteiger charge is 2.58. The van der Waals surface area contributed by atoms with Gasteiger partial charge in [-0.2, -0.15) is 5.26 Å². The van der Waals surface area contributed by atoms with Crippen LogP contribution in [0.5, 0.6) is 0 Å². The van der Waals surface area contributed by atoms with Gasteiger partial charge in [0.1, 0.15) is 5.54 Å². The molecule has 3 heterocycles. The van der Waals surface area contributed by atoms with Crippen LogP contribution in [0.25, 0.3) is 0 Å². The number of carbonyl (C=O) groups excluding carboxylic acids is 1. The fourth-order valence-electron chi connectivity index (χ4n) is 5.85. The molecule has 1 amide bonds. The number of nitriles is 1. The molecule has 2 saturated carbocycles. The molecule has 5 nitrogen and oxygen atoms in total. The van der Waals surface area contributed by atoms with E-state index in [0.29, 0.717) is 0 Å². The Morgan fingerprint density at radius 2 is 1.93 bits per heavy atom. The Morgan fingerprint density at radius 1 is 1.26 bits per heavy atom. The van der Waals surface area contributed by atoms with Crippen molar-refractivity contribution < 1.29 is 4.79 Å². The summed E-state index contributed by atoms with van der Waals surface area (Å²) in [6.07, 6.45) is 7.23. The van der Waals surface area contributed by atoms with Gasteiger partial charge >= 0.3 is 0 Å². The molecular formula is C21H25BrN4O. The van der Waals surface area contributed by atoms with Crippen LogP contribution in [0.4, 0.5) is 5.69 Å². The van der Waals surface area contributed by atoms with E-state index in [4.69, 9.17) is 0 Å². The highest BCUT2D eigenvalue weighted by atomic mass is 79.9. The van der Waals surface area contributed by atoms with Crippen molar-refractivity contribution in [1.29, 1.82) is 5.26 Å². The van der Waals surface area contributed by atoms with Gasteiger partial charge in [-0.3, -0.25) is 14.7 Å². The third-order valence-electron chi connectivity index (χ3n) is 7.37. The number of likely N-dealkylation sites (tertiary alicyclic amines) is 1. The van der Waals surface area contributed by atoms with Gasteiger partial charge in [0.2, 0.25) is 5.91 Å². The van der Waals surface area contributed by atoms with Gasteiger partial charge in [0.15, 0.2) is 0 Å². The molecule has 2 aliphatic heterocycles. The van der Waals surface area contributed by atoms with Crippen LogP contribution < -0.4 is 4.90 Å². The Labute approximate surface area is 168 Å². The minimum atomic E-state index is -0.606. The molecular weight excluding hydrogens is 404 g/mol. The summed E-state index contributed by atoms with van der Waals surface area (Å²) in [6, 6.07) is 4.73. The van der Waals surface area contributed by atoms with Crippen molar-refractivity contribution in [2.45, 2.75) is 62.9 Å². The number of hydrogen-bond acceptors (Lipinski definition) is 4. The summed E-state index contributed by atoms with van der Waals surface area (Å²) in [7, 11) is 0. The molecule has 2 atom stereocenters. The molecule has 0 spiro atoms. The summed E-state index contributed by atoms with van der Waals surface area (Å²) in [5, 5.41) is 10.0. The topological polar surface area (TPSA) is 60.2 Å². The number of pyridine rings is 1. The number of rotatable bonds is 2. The van der Waals surface area contributed by atoms with Crippen LogP contribution in [0.1, 0.15) is 51.6 Å². The van der Waals surface area contributed by atoms with Crippen molar-refractivity contribution in [2.24, 2.45) is 11.8 Å². The Kier molecular flexibility index (Phi) is 3.77. The number of hydrogen-bond donors (Lipinski definition) is 0. The van der Waals surface area contributed by atoms with E-state index in [0.717, 1.165) is 53.6 Å². The predicted octanol–water partition coefficient (Wildman–Crippen LogP) is 3.62. The van der Waals surface area contributed by atoms with Crippen molar-refractivity contribution in [1.82, 2.24) is 9.88 Å². The maximum Gasteiger partial charge on any atom is 0.239 e. The fourth-order valence-corrected chi connectivity index (χ4v) is 6.17. The molecule has 142 valence electrons. The van der Waals surface area contributed by atoms with E-state index < -0.39 is 11.0 Å². The van der Waals surface area contributed by atoms with E-state index in [9.17, 15) is 10.1 Å². The normalized spacial score (nSPS) is 37.0. The van der Waals surface area contributed by atoms with Gasteiger partial charge in [0, 0.05) is 42.6 Å². The summed E-state index contributed by atoms with van der Waals surface area (Å²) >= 11 is 3.50. The van der Waals surface area contributed by atoms with Gasteiger partial charge in [-0.1, -0.05) is 0 Å². The number of halogens is 1. The smallest absolute Gasteiger partial charge is 0.239 e. The molecule has 4 aliphatic rings. The zero-order valence-electron chi connectivity index (χ0n) is 15.9. The van der Waals surface area contributed by atoms with E-state index in [2.05, 4.69) is 31.9 Å². The Morgan fingerprint density at radius 3 is 2.56 bits per heavy atom. The first-order valence-electron chi connectivity index (χ1n) is 10.00. The molecule has 2 bridgehead atoms. The van der Waals surface area contributed by atoms with Gasteiger partial charge in [-0.05, 0) is 66.9 Å². The largest absolute Gasteiger partial charge is 0.306 e. The van der Waals surface area contributed by atoms with Crippen molar-refractivity contribution in [3.05, 3.63) is 22.4 Å². The summed E-state index contributed by atoms with van der Waals surface area (Å²) < 4.78 is 0.884. The molecule has 1 saturated heterocycles. The quantitative estimate of drug-likeness (QED) is 0.721. The van der Waals surface area contributed by atoms with Crippen LogP contribution in [0.15, 0.2) is 16.7 Å². The van der Waals surface area contributed by atoms with Gasteiger partial charge in [-0.25, -0.2) is 0 Å². The summed E-state index contributed by atoms with van der Waals surface area (Å²) in [6.45, 7) is 6.01. The van der Waals surface area contributed by atoms with E-state index >= 15 is 0 Å². The van der Waals surface area contributed by atoms with Crippen molar-refractivity contribution in [2.75, 3.05) is 18.0 Å². The monoisotopic (exact) mass is 428 g/mol. The van der Waals surface area contributed by atoms with E-state index in [1.807, 2.05) is 24.8 Å². The molecule has 0 radical (unpaired) electrons. The average Bonchev–Trinajstić information content (AvgIpc) is 3.03. The summed E-state index contributed by atoms with van der Waals surface area (Å²) in [5.74, 6) is 1.64. The standard InChI is InChI=1S/C21H25BrN4O/c1-20(2)18-17(6-15(22)9-24-18)26(19(20)27)16-7-21(8-16,12-23)25-10-13-3-4-14(5-13)11-25/h6,9,13-14,16H,3-5,7-8,10-11H2,1-2H3/t13-,14?,16?,21?/m0/s1. The first kappa shape index (κ1) is 17.6. The Balaban J connectivity index is 1.41. The second-order valence-electron chi connectivity index (χ2n) is 9.48. The van der Waals surface area contributed by atoms with Gasteiger partial charge in [-0.15, -0.1) is 0 Å². The first-order valence-corrected chi connectivity index (χ1v) is 10.8. The van der Waals surface area contributed by atoms with Gasteiger partial charge in [0.25, 0.3) is 0 Å². The van der Waals surface area contributed by atoms with Crippen molar-refractivity contribution >= 4 is 27.5 Å². The third-order valence-corrected chi connectivity index (χ3v) is 7.81. The molecule has 0 N–H and O–H groups in total. The van der Waals surface area contributed by atoms with Crippen LogP contribution in [0.3, 0.4) is 0 Å². The minimum absolute atomic E-state index is 0.0911. The molecule has 2 aliphatic carbocycles. The fraction of sp³-hybridized carbons (Fsp3) is 0.667. The van der Waals surface area contributed by atoms with Crippen LogP contribution in [-0.4, -0.2) is 40.5 Å². The first-order chi connectivity index (χ1) is 12.8. The lowest BCUT2D eigenvalue weighted by atomic mass is 9.70. The molecule has 3 fully saturated rings. The lowest BCUT2D eigenvalue weighted by Gasteiger charge is -2.54. The zero-order chi connectivity index (χ0) is 19.0. The van der Waals surface area contributed by atoms with E-state index in [1.165, 1.54) is 19.3 Å². The van der Waals surface area contributed by atoms with Crippen LogP contribution in [0.2, 0.25) is 0 Å². The molecule has 27 heavy (non-hydrogen) atoms. The molecule has 1 unspecified atom stereocenters. The number of anilines is 1. The number of carbonyl (C=O) groups is 1. The second-order valence-corrected chi connectivity index (χ2v) is 10.4. The maximum absolute atomic E-state index is 13.2. The summed E-state index contributed by atoms with van der Waals surface area (Å²) in [4.78, 5) is 22.1. The van der Waals surface area contributed by atoms with Crippen molar-refractivity contribution in [3.63, 3.8) is 0 Å². The van der Waals surface area contributed by atoms with E-state index in [-0.39, 0.29) is 11.9 Å². The highest BCUT2D eigenvalue weighted by Crippen LogP contribution is 2.51. The van der Waals surface area contributed by atoms with Crippen LogP contribution in [0, 0.1) is 23.2 Å². The number of piperidine rings is 1. The SMILES string of the molecule is CC1(C)C(=O)N(C2CC(C#N)(N3CC4CC[C@@H](C4)C3)C2)c2cc(Br)cnc21. The predicted molar refractivity (Wildman–Crippen MR) is 106 cm³/mol. The zero-order valence-corrected chi connectivity index (χ0v) is 17.5. The molecule has 6 heteroatoms. The molecule has 5 rings (SSSR count). The number of nitrogens with zero attached hydrogens (tertiary/aromatic N) is 4. The van der Waals surface area contributed by atoms with Crippen molar-refractivity contribution in [3.8, 4) is 6.07 Å². The lowest BCUT2D eigenvalue weighted by Crippen LogP contribution is -2.65. The molecule has 1 aromatic rings. The summed E-state index contributed by atoms with van der Waals surface area (Å²) in [5.41, 5.74) is 0.764. The number of fused-ring (bicyclic) bond motifs is 3. The van der Waals surface area contributed by atoms with E-state index in [1.54, 1.807) is 6.20 Å².